The maximum absolute atomic E-state index is 12.3. The summed E-state index contributed by atoms with van der Waals surface area (Å²) in [4.78, 5) is 25.8. The Labute approximate surface area is 159 Å². The number of rotatable bonds is 6. The predicted octanol–water partition coefficient (Wildman–Crippen LogP) is 1.17. The molecular formula is C18H23N3O5S. The van der Waals surface area contributed by atoms with Crippen LogP contribution in [0.4, 0.5) is 0 Å². The van der Waals surface area contributed by atoms with Crippen LogP contribution in [0.1, 0.15) is 38.7 Å². The summed E-state index contributed by atoms with van der Waals surface area (Å²) >= 11 is 0. The van der Waals surface area contributed by atoms with E-state index in [1.54, 1.807) is 4.90 Å². The van der Waals surface area contributed by atoms with Crippen molar-refractivity contribution in [2.75, 3.05) is 13.2 Å². The number of likely N-dealkylation sites (tertiary alicyclic amines) is 1. The Hall–Kier alpha value is -2.44. The first-order valence-electron chi connectivity index (χ1n) is 8.71. The normalized spacial score (nSPS) is 20.0. The summed E-state index contributed by atoms with van der Waals surface area (Å²) in [6, 6.07) is 7.36. The molecule has 1 N–H and O–H groups in total. The van der Waals surface area contributed by atoms with Crippen molar-refractivity contribution in [1.82, 2.24) is 9.62 Å². The molecule has 1 heterocycles. The van der Waals surface area contributed by atoms with Gasteiger partial charge in [0.2, 0.25) is 10.0 Å². The first kappa shape index (κ1) is 20.9. The molecule has 0 radical (unpaired) electrons. The van der Waals surface area contributed by atoms with Gasteiger partial charge in [-0.2, -0.15) is 9.98 Å². The van der Waals surface area contributed by atoms with E-state index in [9.17, 15) is 18.0 Å². The van der Waals surface area contributed by atoms with E-state index in [-0.39, 0.29) is 22.9 Å². The van der Waals surface area contributed by atoms with Gasteiger partial charge in [0, 0.05) is 12.1 Å². The fourth-order valence-electron chi connectivity index (χ4n) is 3.13. The lowest BCUT2D eigenvalue weighted by Crippen LogP contribution is -2.49. The van der Waals surface area contributed by atoms with Crippen molar-refractivity contribution in [3.63, 3.8) is 0 Å². The maximum Gasteiger partial charge on any atom is 0.321 e. The van der Waals surface area contributed by atoms with E-state index < -0.39 is 29.1 Å². The van der Waals surface area contributed by atoms with E-state index in [0.29, 0.717) is 5.56 Å². The molecule has 8 nitrogen and oxygen atoms in total. The number of nitriles is 1. The third kappa shape index (κ3) is 5.52. The van der Waals surface area contributed by atoms with Crippen LogP contribution in [-0.4, -0.2) is 50.4 Å². The predicted molar refractivity (Wildman–Crippen MR) is 96.9 cm³/mol. The van der Waals surface area contributed by atoms with E-state index in [0.717, 1.165) is 19.3 Å². The van der Waals surface area contributed by atoms with Crippen LogP contribution in [0.15, 0.2) is 29.2 Å². The van der Waals surface area contributed by atoms with Crippen LogP contribution < -0.4 is 4.72 Å². The number of piperidine rings is 1. The molecule has 1 fully saturated rings. The topological polar surface area (TPSA) is 117 Å². The van der Waals surface area contributed by atoms with Crippen molar-refractivity contribution >= 4 is 21.9 Å². The lowest BCUT2D eigenvalue weighted by atomic mass is 9.97. The van der Waals surface area contributed by atoms with Crippen LogP contribution in [0.2, 0.25) is 0 Å². The second kappa shape index (κ2) is 8.97. The van der Waals surface area contributed by atoms with Gasteiger partial charge in [0.25, 0.3) is 5.91 Å². The van der Waals surface area contributed by atoms with Gasteiger partial charge in [-0.3, -0.25) is 9.59 Å². The minimum Gasteiger partial charge on any atom is -0.455 e. The summed E-state index contributed by atoms with van der Waals surface area (Å²) in [5.41, 5.74) is 0.327. The van der Waals surface area contributed by atoms with Crippen molar-refractivity contribution in [1.29, 1.82) is 5.26 Å². The molecule has 2 atom stereocenters. The molecule has 0 aliphatic carbocycles. The molecule has 146 valence electrons. The summed E-state index contributed by atoms with van der Waals surface area (Å²) in [6.45, 7) is 2.93. The highest BCUT2D eigenvalue weighted by Crippen LogP contribution is 2.22. The average Bonchev–Trinajstić information content (AvgIpc) is 2.64. The van der Waals surface area contributed by atoms with Crippen molar-refractivity contribution in [3.8, 4) is 6.07 Å². The first-order valence-corrected chi connectivity index (χ1v) is 10.2. The van der Waals surface area contributed by atoms with E-state index in [1.165, 1.54) is 24.3 Å². The van der Waals surface area contributed by atoms with E-state index in [2.05, 4.69) is 4.72 Å². The summed E-state index contributed by atoms with van der Waals surface area (Å²) < 4.78 is 31.3. The fraction of sp³-hybridized carbons (Fsp3) is 0.500. The Balaban J connectivity index is 1.84. The maximum atomic E-state index is 12.3. The molecule has 27 heavy (non-hydrogen) atoms. The number of hydrogen-bond acceptors (Lipinski definition) is 6. The Morgan fingerprint density at radius 3 is 2.37 bits per heavy atom. The van der Waals surface area contributed by atoms with Gasteiger partial charge in [-0.1, -0.05) is 0 Å². The Kier molecular flexibility index (Phi) is 6.93. The number of esters is 1. The molecular weight excluding hydrogens is 370 g/mol. The van der Waals surface area contributed by atoms with Gasteiger partial charge < -0.3 is 9.64 Å². The van der Waals surface area contributed by atoms with Gasteiger partial charge in [-0.25, -0.2) is 8.42 Å². The quantitative estimate of drug-likeness (QED) is 0.725. The summed E-state index contributed by atoms with van der Waals surface area (Å²) in [5.74, 6) is -1.11. The molecule has 0 unspecified atom stereocenters. The minimum atomic E-state index is -3.91. The zero-order valence-corrected chi connectivity index (χ0v) is 16.2. The molecule has 1 aliphatic heterocycles. The van der Waals surface area contributed by atoms with Gasteiger partial charge >= 0.3 is 5.97 Å². The summed E-state index contributed by atoms with van der Waals surface area (Å²) in [7, 11) is -3.91. The van der Waals surface area contributed by atoms with Crippen molar-refractivity contribution in [2.24, 2.45) is 0 Å². The molecule has 1 aliphatic rings. The van der Waals surface area contributed by atoms with Gasteiger partial charge in [-0.05, 0) is 57.4 Å². The largest absolute Gasteiger partial charge is 0.455 e. The van der Waals surface area contributed by atoms with Crippen LogP contribution in [-0.2, 0) is 24.3 Å². The zero-order valence-electron chi connectivity index (χ0n) is 15.3. The number of benzene rings is 1. The van der Waals surface area contributed by atoms with Gasteiger partial charge in [0.05, 0.1) is 16.5 Å². The van der Waals surface area contributed by atoms with Gasteiger partial charge in [0.15, 0.2) is 6.61 Å². The van der Waals surface area contributed by atoms with Crippen LogP contribution in [0.5, 0.6) is 0 Å². The standard InChI is InChI=1S/C18H23N3O5S/c1-13-4-3-5-14(2)21(13)17(22)12-26-18(23)11-20-27(24,25)16-8-6-15(10-19)7-9-16/h6-9,13-14,20H,3-5,11-12H2,1-2H3/t13-,14-/m0/s1. The van der Waals surface area contributed by atoms with Crippen molar-refractivity contribution in [2.45, 2.75) is 50.1 Å². The Morgan fingerprint density at radius 2 is 1.81 bits per heavy atom. The van der Waals surface area contributed by atoms with Crippen molar-refractivity contribution in [3.05, 3.63) is 29.8 Å². The van der Waals surface area contributed by atoms with Crippen LogP contribution in [0.25, 0.3) is 0 Å². The summed E-state index contributed by atoms with van der Waals surface area (Å²) in [6.07, 6.45) is 2.88. The lowest BCUT2D eigenvalue weighted by Gasteiger charge is -2.38. The minimum absolute atomic E-state index is 0.0682. The number of carbonyl (C=O) groups excluding carboxylic acids is 2. The second-order valence-electron chi connectivity index (χ2n) is 6.55. The molecule has 1 saturated heterocycles. The van der Waals surface area contributed by atoms with E-state index in [4.69, 9.17) is 10.00 Å². The number of nitrogens with zero attached hydrogens (tertiary/aromatic N) is 2. The van der Waals surface area contributed by atoms with Gasteiger partial charge in [-0.15, -0.1) is 0 Å². The fourth-order valence-corrected chi connectivity index (χ4v) is 4.10. The molecule has 1 amide bonds. The SMILES string of the molecule is C[C@H]1CCC[C@H](C)N1C(=O)COC(=O)CNS(=O)(=O)c1ccc(C#N)cc1. The molecule has 0 bridgehead atoms. The van der Waals surface area contributed by atoms with Crippen LogP contribution >= 0.6 is 0 Å². The third-order valence-electron chi connectivity index (χ3n) is 4.54. The van der Waals surface area contributed by atoms with Crippen molar-refractivity contribution < 1.29 is 22.7 Å². The average molecular weight is 393 g/mol. The van der Waals surface area contributed by atoms with Gasteiger partial charge in [0.1, 0.15) is 6.54 Å². The number of hydrogen-bond donors (Lipinski definition) is 1. The number of amides is 1. The zero-order chi connectivity index (χ0) is 20.0. The molecule has 2 rings (SSSR count). The Morgan fingerprint density at radius 1 is 1.22 bits per heavy atom. The highest BCUT2D eigenvalue weighted by Gasteiger charge is 2.29. The van der Waals surface area contributed by atoms with E-state index in [1.807, 2.05) is 19.9 Å². The molecule has 0 spiro atoms. The number of sulfonamides is 1. The molecule has 0 aromatic heterocycles. The van der Waals surface area contributed by atoms with Crippen LogP contribution in [0.3, 0.4) is 0 Å². The third-order valence-corrected chi connectivity index (χ3v) is 5.96. The first-order chi connectivity index (χ1) is 12.7. The monoisotopic (exact) mass is 393 g/mol. The second-order valence-corrected chi connectivity index (χ2v) is 8.32. The molecule has 9 heteroatoms. The smallest absolute Gasteiger partial charge is 0.321 e. The number of carbonyl (C=O) groups is 2. The van der Waals surface area contributed by atoms with E-state index >= 15 is 0 Å². The number of nitrogens with one attached hydrogen (secondary N) is 1. The lowest BCUT2D eigenvalue weighted by molar-refractivity contribution is -0.154. The molecule has 1 aromatic carbocycles. The Bertz CT molecular complexity index is 820. The molecule has 1 aromatic rings. The number of ether oxygens (including phenoxy) is 1. The summed E-state index contributed by atoms with van der Waals surface area (Å²) in [5, 5.41) is 8.73. The van der Waals surface area contributed by atoms with Crippen LogP contribution in [0, 0.1) is 11.3 Å². The highest BCUT2D eigenvalue weighted by atomic mass is 32.2. The molecule has 0 saturated carbocycles. The highest BCUT2D eigenvalue weighted by molar-refractivity contribution is 7.89.